The molecule has 0 bridgehead atoms. The molecule has 1 heterocycles. The molecule has 1 aromatic rings. The zero-order valence-electron chi connectivity index (χ0n) is 11.6. The van der Waals surface area contributed by atoms with Crippen LogP contribution in [-0.2, 0) is 39.1 Å². The molecule has 0 saturated carbocycles. The Morgan fingerprint density at radius 1 is 1.37 bits per heavy atom. The fourth-order valence-corrected chi connectivity index (χ4v) is 2.10. The summed E-state index contributed by atoms with van der Waals surface area (Å²) in [5.41, 5.74) is 5.01. The van der Waals surface area contributed by atoms with Crippen LogP contribution in [0.5, 0.6) is 0 Å². The van der Waals surface area contributed by atoms with Gasteiger partial charge in [-0.25, -0.2) is 4.39 Å². The number of hydrogen-bond donors (Lipinski definition) is 0. The average molecular weight is 331 g/mol. The molecule has 1 radical (unpaired) electrons. The number of rotatable bonds is 2. The SMILES string of the molecule is C=C1C(C)=C[C-]=C(c2ccc(F)cc2CC)N1C.[Y]. The Morgan fingerprint density at radius 3 is 2.68 bits per heavy atom. The third-order valence-electron chi connectivity index (χ3n) is 3.32. The van der Waals surface area contributed by atoms with Crippen molar-refractivity contribution in [1.82, 2.24) is 4.90 Å². The van der Waals surface area contributed by atoms with Crippen LogP contribution in [-0.4, -0.2) is 11.9 Å². The first-order valence-electron chi connectivity index (χ1n) is 6.06. The van der Waals surface area contributed by atoms with Crippen LogP contribution in [0.1, 0.15) is 25.0 Å². The van der Waals surface area contributed by atoms with Crippen LogP contribution in [0.2, 0.25) is 0 Å². The molecule has 0 fully saturated rings. The van der Waals surface area contributed by atoms with Crippen molar-refractivity contribution in [1.29, 1.82) is 0 Å². The minimum absolute atomic E-state index is 0. The van der Waals surface area contributed by atoms with Crippen molar-refractivity contribution in [2.45, 2.75) is 20.3 Å². The molecule has 3 heteroatoms. The third kappa shape index (κ3) is 3.24. The van der Waals surface area contributed by atoms with Crippen LogP contribution < -0.4 is 0 Å². The van der Waals surface area contributed by atoms with E-state index in [1.807, 2.05) is 37.9 Å². The largest absolute Gasteiger partial charge is 0.378 e. The van der Waals surface area contributed by atoms with Gasteiger partial charge < -0.3 is 4.90 Å². The van der Waals surface area contributed by atoms with E-state index in [4.69, 9.17) is 0 Å². The topological polar surface area (TPSA) is 3.24 Å². The molecule has 1 aliphatic heterocycles. The van der Waals surface area contributed by atoms with E-state index in [2.05, 4.69) is 12.7 Å². The molecule has 0 N–H and O–H groups in total. The first kappa shape index (κ1) is 16.3. The summed E-state index contributed by atoms with van der Waals surface area (Å²) < 4.78 is 13.3. The summed E-state index contributed by atoms with van der Waals surface area (Å²) >= 11 is 0. The Balaban J connectivity index is 0.00000180. The second-order valence-corrected chi connectivity index (χ2v) is 4.48. The molecular weight excluding hydrogens is 314 g/mol. The third-order valence-corrected chi connectivity index (χ3v) is 3.32. The van der Waals surface area contributed by atoms with E-state index >= 15 is 0 Å². The Hall–Kier alpha value is -0.726. The maximum absolute atomic E-state index is 13.3. The molecule has 1 nitrogen and oxygen atoms in total. The normalized spacial score (nSPS) is 14.7. The number of nitrogens with zero attached hydrogens (tertiary/aromatic N) is 1. The smallest absolute Gasteiger partial charge is 0.121 e. The quantitative estimate of drug-likeness (QED) is 0.742. The fourth-order valence-electron chi connectivity index (χ4n) is 2.10. The van der Waals surface area contributed by atoms with E-state index in [0.29, 0.717) is 0 Å². The van der Waals surface area contributed by atoms with Gasteiger partial charge in [0.15, 0.2) is 0 Å². The van der Waals surface area contributed by atoms with Crippen molar-refractivity contribution >= 4 is 5.70 Å². The summed E-state index contributed by atoms with van der Waals surface area (Å²) in [4.78, 5) is 2.00. The van der Waals surface area contributed by atoms with Crippen molar-refractivity contribution in [3.63, 3.8) is 0 Å². The second-order valence-electron chi connectivity index (χ2n) is 4.48. The van der Waals surface area contributed by atoms with E-state index < -0.39 is 0 Å². The Morgan fingerprint density at radius 2 is 2.05 bits per heavy atom. The maximum Gasteiger partial charge on any atom is 0.121 e. The van der Waals surface area contributed by atoms with Crippen LogP contribution >= 0.6 is 0 Å². The van der Waals surface area contributed by atoms with Crippen LogP contribution in [0.25, 0.3) is 5.70 Å². The Labute approximate surface area is 139 Å². The van der Waals surface area contributed by atoms with Gasteiger partial charge in [0.2, 0.25) is 0 Å². The van der Waals surface area contributed by atoms with Gasteiger partial charge in [-0.2, -0.15) is 12.2 Å². The standard InChI is InChI=1S/C16H17FN.Y/c1-5-13-10-14(17)7-8-15(13)16-9-6-11(2)12(3)18(16)4;/h6-8,10H,3,5H2,1-2,4H3;/q-1;. The minimum atomic E-state index is -0.194. The van der Waals surface area contributed by atoms with Gasteiger partial charge in [-0.05, 0) is 24.3 Å². The van der Waals surface area contributed by atoms with Gasteiger partial charge in [0, 0.05) is 39.8 Å². The molecule has 0 spiro atoms. The molecule has 1 aromatic carbocycles. The molecule has 2 rings (SSSR count). The number of likely N-dealkylation sites (N-methyl/N-ethyl adjacent to an activating group) is 1. The Bertz CT molecular complexity index is 558. The molecular formula is C16H17FNY-. The van der Waals surface area contributed by atoms with Gasteiger partial charge >= 0.3 is 0 Å². The van der Waals surface area contributed by atoms with Crippen molar-refractivity contribution in [2.24, 2.45) is 0 Å². The van der Waals surface area contributed by atoms with Crippen molar-refractivity contribution in [3.05, 3.63) is 65.1 Å². The number of hydrogen-bond acceptors (Lipinski definition) is 1. The van der Waals surface area contributed by atoms with E-state index in [1.165, 1.54) is 6.07 Å². The van der Waals surface area contributed by atoms with Gasteiger partial charge in [-0.15, -0.1) is 11.6 Å². The molecule has 1 aliphatic rings. The van der Waals surface area contributed by atoms with Gasteiger partial charge in [-0.1, -0.05) is 37.3 Å². The molecule has 0 atom stereocenters. The number of benzene rings is 1. The molecule has 19 heavy (non-hydrogen) atoms. The monoisotopic (exact) mass is 331 g/mol. The van der Waals surface area contributed by atoms with E-state index in [9.17, 15) is 4.39 Å². The Kier molecular flexibility index (Phi) is 5.70. The van der Waals surface area contributed by atoms with Crippen LogP contribution in [0.3, 0.4) is 0 Å². The number of halogens is 1. The molecule has 0 aliphatic carbocycles. The number of aryl methyl sites for hydroxylation is 1. The molecule has 0 saturated heterocycles. The molecule has 0 unspecified atom stereocenters. The summed E-state index contributed by atoms with van der Waals surface area (Å²) in [7, 11) is 1.96. The molecule has 97 valence electrons. The zero-order chi connectivity index (χ0) is 13.3. The summed E-state index contributed by atoms with van der Waals surface area (Å²) in [6.07, 6.45) is 5.98. The van der Waals surface area contributed by atoms with Gasteiger partial charge in [0.05, 0.1) is 0 Å². The minimum Gasteiger partial charge on any atom is -0.378 e. The molecule has 0 amide bonds. The zero-order valence-corrected chi connectivity index (χ0v) is 14.5. The first-order valence-corrected chi connectivity index (χ1v) is 6.06. The van der Waals surface area contributed by atoms with Crippen molar-refractivity contribution < 1.29 is 37.1 Å². The van der Waals surface area contributed by atoms with Crippen molar-refractivity contribution in [3.8, 4) is 0 Å². The maximum atomic E-state index is 13.3. The summed E-state index contributed by atoms with van der Waals surface area (Å²) in [5.74, 6) is -0.194. The van der Waals surface area contributed by atoms with Crippen LogP contribution in [0.4, 0.5) is 4.39 Å². The summed E-state index contributed by atoms with van der Waals surface area (Å²) in [5, 5.41) is 0. The fraction of sp³-hybridized carbons (Fsp3) is 0.250. The summed E-state index contributed by atoms with van der Waals surface area (Å²) in [6.45, 7) is 8.08. The average Bonchev–Trinajstić information content (AvgIpc) is 2.37. The predicted octanol–water partition coefficient (Wildman–Crippen LogP) is 3.94. The number of allylic oxidation sites excluding steroid dienone is 3. The van der Waals surface area contributed by atoms with E-state index in [1.54, 1.807) is 6.07 Å². The van der Waals surface area contributed by atoms with Crippen LogP contribution in [0, 0.1) is 11.9 Å². The van der Waals surface area contributed by atoms with E-state index in [-0.39, 0.29) is 38.5 Å². The van der Waals surface area contributed by atoms with Gasteiger partial charge in [-0.3, -0.25) is 0 Å². The predicted molar refractivity (Wildman–Crippen MR) is 73.1 cm³/mol. The van der Waals surface area contributed by atoms with Gasteiger partial charge in [0.25, 0.3) is 0 Å². The van der Waals surface area contributed by atoms with E-state index in [0.717, 1.165) is 34.5 Å². The van der Waals surface area contributed by atoms with Crippen molar-refractivity contribution in [2.75, 3.05) is 7.05 Å². The molecule has 0 aromatic heterocycles. The summed E-state index contributed by atoms with van der Waals surface area (Å²) in [6, 6.07) is 4.89. The van der Waals surface area contributed by atoms with Gasteiger partial charge in [0.1, 0.15) is 5.82 Å². The van der Waals surface area contributed by atoms with Crippen LogP contribution in [0.15, 0.2) is 42.1 Å². The first-order chi connectivity index (χ1) is 8.54. The second kappa shape index (κ2) is 6.63.